The second-order valence-electron chi connectivity index (χ2n) is 9.30. The van der Waals surface area contributed by atoms with Gasteiger partial charge in [0.25, 0.3) is 5.91 Å². The number of nitrogens with zero attached hydrogens (tertiary/aromatic N) is 1. The van der Waals surface area contributed by atoms with E-state index in [0.29, 0.717) is 44.1 Å². The average Bonchev–Trinajstić information content (AvgIpc) is 3.29. The molecule has 0 spiro atoms. The Morgan fingerprint density at radius 2 is 1.90 bits per heavy atom. The van der Waals surface area contributed by atoms with Crippen LogP contribution in [-0.4, -0.2) is 55.4 Å². The molecule has 206 valence electrons. The van der Waals surface area contributed by atoms with Crippen molar-refractivity contribution in [1.82, 2.24) is 10.9 Å². The number of ether oxygens (including phenoxy) is 3. The van der Waals surface area contributed by atoms with Crippen LogP contribution in [0.15, 0.2) is 82.3 Å². The van der Waals surface area contributed by atoms with Gasteiger partial charge in [0, 0.05) is 36.0 Å². The smallest absolute Gasteiger partial charge is 0.266 e. The minimum Gasteiger partial charge on any atom is -0.497 e. The molecule has 0 aromatic heterocycles. The Morgan fingerprint density at radius 3 is 2.64 bits per heavy atom. The Kier molecular flexibility index (Phi) is 9.97. The quantitative estimate of drug-likeness (QED) is 0.202. The first-order valence-corrected chi connectivity index (χ1v) is 13.7. The van der Waals surface area contributed by atoms with E-state index in [1.807, 2.05) is 79.7 Å². The van der Waals surface area contributed by atoms with Crippen LogP contribution < -0.4 is 20.3 Å². The number of methoxy groups -OCH3 is 1. The molecule has 8 nitrogen and oxygen atoms in total. The number of hydrazine groups is 1. The first-order chi connectivity index (χ1) is 18.9. The molecule has 1 amide bonds. The molecule has 0 fully saturated rings. The van der Waals surface area contributed by atoms with Gasteiger partial charge in [-0.05, 0) is 66.9 Å². The highest BCUT2D eigenvalue weighted by Gasteiger charge is 2.50. The van der Waals surface area contributed by atoms with Gasteiger partial charge in [-0.3, -0.25) is 10.2 Å². The molecule has 2 atom stereocenters. The van der Waals surface area contributed by atoms with E-state index in [2.05, 4.69) is 26.8 Å². The van der Waals surface area contributed by atoms with E-state index in [-0.39, 0.29) is 12.5 Å². The van der Waals surface area contributed by atoms with Crippen LogP contribution in [0.3, 0.4) is 0 Å². The summed E-state index contributed by atoms with van der Waals surface area (Å²) in [4.78, 5) is 18.6. The van der Waals surface area contributed by atoms with Gasteiger partial charge in [-0.2, -0.15) is 0 Å². The standard InChI is InChI=1S/C30H34BrN3O5/c1-21-30(20-24-8-3-4-10-27(24)31,29(36)34-32-16-15-22-7-5-9-26(19-22)37-2)33-28(39-21)23-11-13-25(14-12-23)38-18-6-17-35/h3-5,7-14,19,21,32,35H,6,15-18,20H2,1-2H3,(H,34,36)/t21-,30-/m0/s1. The topological polar surface area (TPSA) is 101 Å². The molecule has 0 radical (unpaired) electrons. The fraction of sp³-hybridized carbons (Fsp3) is 0.333. The average molecular weight is 597 g/mol. The molecular formula is C30H34BrN3O5. The van der Waals surface area contributed by atoms with Gasteiger partial charge in [0.2, 0.25) is 5.90 Å². The van der Waals surface area contributed by atoms with Crippen LogP contribution in [0.4, 0.5) is 0 Å². The summed E-state index contributed by atoms with van der Waals surface area (Å²) in [5.74, 6) is 1.63. The molecular weight excluding hydrogens is 562 g/mol. The number of nitrogens with one attached hydrogen (secondary N) is 2. The van der Waals surface area contributed by atoms with Crippen LogP contribution in [-0.2, 0) is 22.4 Å². The van der Waals surface area contributed by atoms with E-state index in [0.717, 1.165) is 26.9 Å². The van der Waals surface area contributed by atoms with E-state index in [4.69, 9.17) is 24.3 Å². The first-order valence-electron chi connectivity index (χ1n) is 13.0. The maximum Gasteiger partial charge on any atom is 0.266 e. The SMILES string of the molecule is COc1cccc(CCNNC(=O)[C@@]2(Cc3ccccc3Br)N=C(c3ccc(OCCCO)cc3)O[C@H]2C)c1. The highest BCUT2D eigenvalue weighted by atomic mass is 79.9. The van der Waals surface area contributed by atoms with Crippen molar-refractivity contribution in [2.75, 3.05) is 26.9 Å². The third-order valence-electron chi connectivity index (χ3n) is 6.62. The first kappa shape index (κ1) is 28.6. The van der Waals surface area contributed by atoms with Crippen molar-refractivity contribution < 1.29 is 24.1 Å². The summed E-state index contributed by atoms with van der Waals surface area (Å²) in [6, 6.07) is 23.0. The second kappa shape index (κ2) is 13.6. The van der Waals surface area contributed by atoms with Crippen LogP contribution in [0, 0.1) is 0 Å². The number of benzene rings is 3. The lowest BCUT2D eigenvalue weighted by molar-refractivity contribution is -0.129. The van der Waals surface area contributed by atoms with Crippen molar-refractivity contribution in [3.63, 3.8) is 0 Å². The second-order valence-corrected chi connectivity index (χ2v) is 10.2. The monoisotopic (exact) mass is 595 g/mol. The summed E-state index contributed by atoms with van der Waals surface area (Å²) in [5.41, 5.74) is 7.58. The molecule has 3 aromatic carbocycles. The van der Waals surface area contributed by atoms with Crippen LogP contribution in [0.25, 0.3) is 0 Å². The molecule has 1 aliphatic heterocycles. The number of amides is 1. The van der Waals surface area contributed by atoms with Crippen LogP contribution >= 0.6 is 15.9 Å². The lowest BCUT2D eigenvalue weighted by Gasteiger charge is -2.28. The summed E-state index contributed by atoms with van der Waals surface area (Å²) in [6.07, 6.45) is 1.11. The van der Waals surface area contributed by atoms with Gasteiger partial charge in [-0.1, -0.05) is 46.3 Å². The highest BCUT2D eigenvalue weighted by molar-refractivity contribution is 9.10. The molecule has 0 bridgehead atoms. The molecule has 39 heavy (non-hydrogen) atoms. The van der Waals surface area contributed by atoms with Gasteiger partial charge in [0.15, 0.2) is 5.54 Å². The predicted octanol–water partition coefficient (Wildman–Crippen LogP) is 4.23. The summed E-state index contributed by atoms with van der Waals surface area (Å²) in [6.45, 7) is 2.92. The van der Waals surface area contributed by atoms with Crippen molar-refractivity contribution in [3.05, 3.63) is 94.0 Å². The molecule has 3 aromatic rings. The number of rotatable bonds is 13. The van der Waals surface area contributed by atoms with Crippen LogP contribution in [0.1, 0.15) is 30.0 Å². The number of hydrogen-bond donors (Lipinski definition) is 3. The predicted molar refractivity (Wildman–Crippen MR) is 154 cm³/mol. The van der Waals surface area contributed by atoms with E-state index >= 15 is 0 Å². The van der Waals surface area contributed by atoms with Gasteiger partial charge in [-0.25, -0.2) is 10.4 Å². The normalized spacial score (nSPS) is 18.3. The van der Waals surface area contributed by atoms with Crippen LogP contribution in [0.5, 0.6) is 11.5 Å². The molecule has 0 aliphatic carbocycles. The van der Waals surface area contributed by atoms with Crippen molar-refractivity contribution in [2.45, 2.75) is 37.8 Å². The fourth-order valence-electron chi connectivity index (χ4n) is 4.36. The summed E-state index contributed by atoms with van der Waals surface area (Å²) in [5, 5.41) is 8.96. The van der Waals surface area contributed by atoms with Gasteiger partial charge < -0.3 is 19.3 Å². The highest BCUT2D eigenvalue weighted by Crippen LogP contribution is 2.34. The molecule has 1 aliphatic rings. The maximum absolute atomic E-state index is 13.7. The van der Waals surface area contributed by atoms with E-state index < -0.39 is 11.6 Å². The number of carbonyl (C=O) groups is 1. The number of aliphatic hydroxyl groups is 1. The third-order valence-corrected chi connectivity index (χ3v) is 7.39. The molecule has 0 saturated heterocycles. The largest absolute Gasteiger partial charge is 0.497 e. The molecule has 1 heterocycles. The molecule has 3 N–H and O–H groups in total. The van der Waals surface area contributed by atoms with Crippen LogP contribution in [0.2, 0.25) is 0 Å². The van der Waals surface area contributed by atoms with Gasteiger partial charge in [0.05, 0.1) is 13.7 Å². The minimum atomic E-state index is -1.18. The molecule has 0 unspecified atom stereocenters. The zero-order valence-corrected chi connectivity index (χ0v) is 23.7. The van der Waals surface area contributed by atoms with Crippen molar-refractivity contribution in [1.29, 1.82) is 0 Å². The Balaban J connectivity index is 1.51. The molecule has 4 rings (SSSR count). The third kappa shape index (κ3) is 7.17. The fourth-order valence-corrected chi connectivity index (χ4v) is 4.79. The zero-order chi connectivity index (χ0) is 27.7. The lowest BCUT2D eigenvalue weighted by atomic mass is 9.86. The summed E-state index contributed by atoms with van der Waals surface area (Å²) < 4.78 is 18.0. The van der Waals surface area contributed by atoms with E-state index in [1.165, 1.54) is 0 Å². The van der Waals surface area contributed by atoms with Gasteiger partial charge in [0.1, 0.15) is 17.6 Å². The van der Waals surface area contributed by atoms with E-state index in [9.17, 15) is 4.79 Å². The zero-order valence-electron chi connectivity index (χ0n) is 22.2. The lowest BCUT2D eigenvalue weighted by Crippen LogP contribution is -2.56. The van der Waals surface area contributed by atoms with Crippen molar-refractivity contribution in [2.24, 2.45) is 4.99 Å². The Hall–Kier alpha value is -3.40. The number of carbonyl (C=O) groups excluding carboxylic acids is 1. The maximum atomic E-state index is 13.7. The van der Waals surface area contributed by atoms with Crippen molar-refractivity contribution in [3.8, 4) is 11.5 Å². The Labute approximate surface area is 237 Å². The molecule has 0 saturated carbocycles. The number of aliphatic hydroxyl groups excluding tert-OH is 1. The van der Waals surface area contributed by atoms with Crippen molar-refractivity contribution >= 4 is 27.7 Å². The number of hydrogen-bond acceptors (Lipinski definition) is 7. The number of halogens is 1. The minimum absolute atomic E-state index is 0.0815. The molecule has 9 heteroatoms. The summed E-state index contributed by atoms with van der Waals surface area (Å²) in [7, 11) is 1.64. The Bertz CT molecular complexity index is 1280. The summed E-state index contributed by atoms with van der Waals surface area (Å²) >= 11 is 3.62. The van der Waals surface area contributed by atoms with Gasteiger partial charge in [-0.15, -0.1) is 0 Å². The van der Waals surface area contributed by atoms with Gasteiger partial charge >= 0.3 is 0 Å². The Morgan fingerprint density at radius 1 is 1.10 bits per heavy atom. The van der Waals surface area contributed by atoms with E-state index in [1.54, 1.807) is 7.11 Å². The number of aliphatic imine (C=N–C) groups is 1.